The molecule has 0 aliphatic carbocycles. The lowest BCUT2D eigenvalue weighted by molar-refractivity contribution is 0.479. The van der Waals surface area contributed by atoms with Gasteiger partial charge < -0.3 is 9.47 Å². The summed E-state index contributed by atoms with van der Waals surface area (Å²) in [6, 6.07) is 23.9. The van der Waals surface area contributed by atoms with E-state index in [4.69, 9.17) is 32.7 Å². The predicted octanol–water partition coefficient (Wildman–Crippen LogP) is 6.70. The molecule has 0 aromatic heterocycles. The van der Waals surface area contributed by atoms with Crippen LogP contribution >= 0.6 is 23.2 Å². The van der Waals surface area contributed by atoms with Crippen molar-refractivity contribution < 1.29 is 9.47 Å². The van der Waals surface area contributed by atoms with Crippen LogP contribution in [0.5, 0.6) is 11.5 Å². The number of nitrogens with zero attached hydrogens (tertiary/aromatic N) is 1. The van der Waals surface area contributed by atoms with E-state index in [0.29, 0.717) is 27.4 Å². The molecule has 0 spiro atoms. The molecule has 3 aromatic carbocycles. The van der Waals surface area contributed by atoms with Gasteiger partial charge in [0.1, 0.15) is 11.5 Å². The van der Waals surface area contributed by atoms with Crippen molar-refractivity contribution in [1.29, 1.82) is 0 Å². The summed E-state index contributed by atoms with van der Waals surface area (Å²) in [5.74, 6) is 1.44. The topological polar surface area (TPSA) is 30.8 Å². The molecule has 0 atom stereocenters. The van der Waals surface area contributed by atoms with Gasteiger partial charge in [0.15, 0.2) is 0 Å². The Morgan fingerprint density at radius 2 is 1.54 bits per heavy atom. The van der Waals surface area contributed by atoms with Gasteiger partial charge >= 0.3 is 0 Å². The van der Waals surface area contributed by atoms with E-state index < -0.39 is 0 Å². The zero-order valence-electron chi connectivity index (χ0n) is 13.7. The number of rotatable bonds is 5. The van der Waals surface area contributed by atoms with Crippen LogP contribution in [0, 0.1) is 0 Å². The highest BCUT2D eigenvalue weighted by Gasteiger charge is 2.06. The SMILES string of the molecule is Clc1ccc(Cl)c(OC(/C=C/Oc2ccccc2)=N\c2ccccc2)c1. The Labute approximate surface area is 162 Å². The van der Waals surface area contributed by atoms with Crippen LogP contribution in [0.1, 0.15) is 0 Å². The molecule has 0 radical (unpaired) electrons. The van der Waals surface area contributed by atoms with Gasteiger partial charge in [0.25, 0.3) is 0 Å². The third kappa shape index (κ3) is 5.38. The lowest BCUT2D eigenvalue weighted by atomic mass is 10.3. The quantitative estimate of drug-likeness (QED) is 0.279. The average molecular weight is 384 g/mol. The minimum atomic E-state index is 0.316. The molecule has 3 rings (SSSR count). The maximum absolute atomic E-state index is 6.18. The molecule has 0 amide bonds. The standard InChI is InChI=1S/C21H15Cl2NO2/c22-16-11-12-19(23)20(15-16)26-21(24-17-7-3-1-4-8-17)13-14-25-18-9-5-2-6-10-18/h1-15H/b14-13+,24-21-. The third-order valence-electron chi connectivity index (χ3n) is 3.26. The van der Waals surface area contributed by atoms with E-state index >= 15 is 0 Å². The third-order valence-corrected chi connectivity index (χ3v) is 3.81. The average Bonchev–Trinajstić information content (AvgIpc) is 2.66. The molecule has 3 nitrogen and oxygen atoms in total. The van der Waals surface area contributed by atoms with Crippen molar-refractivity contribution in [3.63, 3.8) is 0 Å². The van der Waals surface area contributed by atoms with Crippen LogP contribution in [0.3, 0.4) is 0 Å². The van der Waals surface area contributed by atoms with Gasteiger partial charge in [-0.05, 0) is 36.4 Å². The van der Waals surface area contributed by atoms with Gasteiger partial charge in [0.05, 0.1) is 17.0 Å². The normalized spacial score (nSPS) is 11.5. The predicted molar refractivity (Wildman–Crippen MR) is 107 cm³/mol. The van der Waals surface area contributed by atoms with Crippen LogP contribution in [0.25, 0.3) is 0 Å². The van der Waals surface area contributed by atoms with Crippen LogP contribution in [0.15, 0.2) is 96.2 Å². The first-order valence-electron chi connectivity index (χ1n) is 7.85. The Balaban J connectivity index is 1.84. The molecule has 0 heterocycles. The number of halogens is 2. The highest BCUT2D eigenvalue weighted by molar-refractivity contribution is 6.34. The van der Waals surface area contributed by atoms with E-state index in [0.717, 1.165) is 5.69 Å². The summed E-state index contributed by atoms with van der Waals surface area (Å²) in [7, 11) is 0. The molecule has 5 heteroatoms. The molecule has 0 aliphatic rings. The number of benzene rings is 3. The molecule has 0 bridgehead atoms. The van der Waals surface area contributed by atoms with Crippen molar-refractivity contribution >= 4 is 34.8 Å². The van der Waals surface area contributed by atoms with Gasteiger partial charge in [-0.1, -0.05) is 59.6 Å². The zero-order chi connectivity index (χ0) is 18.2. The van der Waals surface area contributed by atoms with Crippen molar-refractivity contribution in [2.75, 3.05) is 0 Å². The second-order valence-electron chi connectivity index (χ2n) is 5.20. The molecular formula is C21H15Cl2NO2. The molecule has 0 unspecified atom stereocenters. The number of para-hydroxylation sites is 2. The fraction of sp³-hybridized carbons (Fsp3) is 0. The summed E-state index contributed by atoms with van der Waals surface area (Å²) in [6.07, 6.45) is 3.13. The van der Waals surface area contributed by atoms with E-state index in [1.165, 1.54) is 6.26 Å². The zero-order valence-corrected chi connectivity index (χ0v) is 15.2. The highest BCUT2D eigenvalue weighted by atomic mass is 35.5. The lowest BCUT2D eigenvalue weighted by Crippen LogP contribution is -2.05. The Kier molecular flexibility index (Phi) is 6.31. The first kappa shape index (κ1) is 18.1. The highest BCUT2D eigenvalue weighted by Crippen LogP contribution is 2.28. The number of hydrogen-bond acceptors (Lipinski definition) is 3. The van der Waals surface area contributed by atoms with Gasteiger partial charge in [-0.3, -0.25) is 0 Å². The largest absolute Gasteiger partial charge is 0.465 e. The van der Waals surface area contributed by atoms with Gasteiger partial charge in [0.2, 0.25) is 5.90 Å². The van der Waals surface area contributed by atoms with Gasteiger partial charge in [-0.25, -0.2) is 4.99 Å². The number of aliphatic imine (C=N–C) groups is 1. The lowest BCUT2D eigenvalue weighted by Gasteiger charge is -2.08. The minimum Gasteiger partial charge on any atom is -0.465 e. The first-order chi connectivity index (χ1) is 12.7. The van der Waals surface area contributed by atoms with E-state index in [2.05, 4.69) is 4.99 Å². The first-order valence-corrected chi connectivity index (χ1v) is 8.61. The van der Waals surface area contributed by atoms with E-state index in [1.54, 1.807) is 24.3 Å². The van der Waals surface area contributed by atoms with E-state index in [1.807, 2.05) is 60.7 Å². The summed E-state index contributed by atoms with van der Waals surface area (Å²) in [5.41, 5.74) is 0.741. The maximum Gasteiger partial charge on any atom is 0.222 e. The van der Waals surface area contributed by atoms with Gasteiger partial charge in [-0.15, -0.1) is 0 Å². The smallest absolute Gasteiger partial charge is 0.222 e. The van der Waals surface area contributed by atoms with Crippen LogP contribution in [0.4, 0.5) is 5.69 Å². The maximum atomic E-state index is 6.18. The molecule has 0 N–H and O–H groups in total. The molecule has 0 saturated heterocycles. The summed E-state index contributed by atoms with van der Waals surface area (Å²) in [4.78, 5) is 4.48. The monoisotopic (exact) mass is 383 g/mol. The summed E-state index contributed by atoms with van der Waals surface area (Å²) < 4.78 is 11.4. The van der Waals surface area contributed by atoms with Gasteiger partial charge in [-0.2, -0.15) is 0 Å². The van der Waals surface area contributed by atoms with Crippen LogP contribution in [-0.4, -0.2) is 5.90 Å². The minimum absolute atomic E-state index is 0.316. The Bertz CT molecular complexity index is 910. The Morgan fingerprint density at radius 3 is 2.27 bits per heavy atom. The van der Waals surface area contributed by atoms with Crippen molar-refractivity contribution in [2.45, 2.75) is 0 Å². The van der Waals surface area contributed by atoms with Crippen molar-refractivity contribution in [2.24, 2.45) is 4.99 Å². The molecule has 0 fully saturated rings. The van der Waals surface area contributed by atoms with E-state index in [9.17, 15) is 0 Å². The van der Waals surface area contributed by atoms with Crippen LogP contribution in [-0.2, 0) is 0 Å². The Hall–Kier alpha value is -2.75. The fourth-order valence-electron chi connectivity index (χ4n) is 2.06. The van der Waals surface area contributed by atoms with Crippen molar-refractivity contribution in [3.05, 3.63) is 101 Å². The van der Waals surface area contributed by atoms with Crippen molar-refractivity contribution in [3.8, 4) is 11.5 Å². The molecule has 26 heavy (non-hydrogen) atoms. The van der Waals surface area contributed by atoms with Gasteiger partial charge in [0, 0.05) is 17.2 Å². The molecule has 0 aliphatic heterocycles. The molecule has 3 aromatic rings. The second-order valence-corrected chi connectivity index (χ2v) is 6.04. The second kappa shape index (κ2) is 9.09. The molecule has 130 valence electrons. The summed E-state index contributed by atoms with van der Waals surface area (Å²) in [6.45, 7) is 0. The number of hydrogen-bond donors (Lipinski definition) is 0. The Morgan fingerprint density at radius 1 is 0.846 bits per heavy atom. The fourth-order valence-corrected chi connectivity index (χ4v) is 2.38. The summed E-state index contributed by atoms with van der Waals surface area (Å²) >= 11 is 12.2. The molecular weight excluding hydrogens is 369 g/mol. The van der Waals surface area contributed by atoms with Crippen molar-refractivity contribution in [1.82, 2.24) is 0 Å². The molecule has 0 saturated carbocycles. The summed E-state index contributed by atoms with van der Waals surface area (Å²) in [5, 5.41) is 0.959. The van der Waals surface area contributed by atoms with E-state index in [-0.39, 0.29) is 0 Å². The van der Waals surface area contributed by atoms with Crippen LogP contribution < -0.4 is 9.47 Å². The number of ether oxygens (including phenoxy) is 2. The van der Waals surface area contributed by atoms with Crippen LogP contribution in [0.2, 0.25) is 10.0 Å².